The fourth-order valence-electron chi connectivity index (χ4n) is 2.97. The second-order valence-electron chi connectivity index (χ2n) is 7.16. The maximum absolute atomic E-state index is 13.4. The van der Waals surface area contributed by atoms with Gasteiger partial charge in [-0.25, -0.2) is 8.42 Å². The highest BCUT2D eigenvalue weighted by Crippen LogP contribution is 2.37. The van der Waals surface area contributed by atoms with E-state index in [1.807, 2.05) is 0 Å². The predicted molar refractivity (Wildman–Crippen MR) is 127 cm³/mol. The Morgan fingerprint density at radius 1 is 0.941 bits per heavy atom. The van der Waals surface area contributed by atoms with Gasteiger partial charge in [0.15, 0.2) is 0 Å². The molecule has 0 aliphatic carbocycles. The Balaban J connectivity index is 2.01. The summed E-state index contributed by atoms with van der Waals surface area (Å²) >= 11 is 17.6. The number of anilines is 2. The van der Waals surface area contributed by atoms with E-state index in [0.29, 0.717) is 6.07 Å². The predicted octanol–water partition coefficient (Wildman–Crippen LogP) is 6.81. The molecule has 1 amide bonds. The number of sulfonamides is 1. The van der Waals surface area contributed by atoms with Crippen LogP contribution in [0.1, 0.15) is 11.1 Å². The third-order valence-electron chi connectivity index (χ3n) is 4.65. The topological polar surface area (TPSA) is 66.5 Å². The van der Waals surface area contributed by atoms with Crippen molar-refractivity contribution in [3.05, 3.63) is 86.9 Å². The van der Waals surface area contributed by atoms with Gasteiger partial charge in [0.1, 0.15) is 6.54 Å². The second-order valence-corrected chi connectivity index (χ2v) is 10.3. The monoisotopic (exact) mass is 550 g/mol. The molecule has 0 saturated heterocycles. The average molecular weight is 552 g/mol. The van der Waals surface area contributed by atoms with E-state index in [0.717, 1.165) is 15.9 Å². The number of alkyl halides is 3. The summed E-state index contributed by atoms with van der Waals surface area (Å²) in [7, 11) is -4.31. The summed E-state index contributed by atoms with van der Waals surface area (Å²) in [5.41, 5.74) is -0.933. The molecular weight excluding hydrogens is 536 g/mol. The molecule has 5 nitrogen and oxygen atoms in total. The van der Waals surface area contributed by atoms with Gasteiger partial charge >= 0.3 is 6.18 Å². The molecule has 3 aromatic rings. The van der Waals surface area contributed by atoms with Gasteiger partial charge in [0, 0.05) is 5.02 Å². The lowest BCUT2D eigenvalue weighted by molar-refractivity contribution is -0.137. The number of aryl methyl sites for hydroxylation is 1. The molecule has 0 heterocycles. The number of amides is 1. The van der Waals surface area contributed by atoms with Crippen molar-refractivity contribution in [2.75, 3.05) is 16.2 Å². The number of nitrogens with one attached hydrogen (secondary N) is 1. The summed E-state index contributed by atoms with van der Waals surface area (Å²) in [6, 6.07) is 12.6. The normalized spacial score (nSPS) is 11.9. The van der Waals surface area contributed by atoms with Crippen LogP contribution in [0.4, 0.5) is 24.5 Å². The van der Waals surface area contributed by atoms with E-state index in [1.54, 1.807) is 19.1 Å². The molecular formula is C22H16Cl3F3N2O3S. The van der Waals surface area contributed by atoms with Crippen LogP contribution in [0.25, 0.3) is 0 Å². The van der Waals surface area contributed by atoms with Gasteiger partial charge in [-0.2, -0.15) is 13.2 Å². The molecule has 0 aromatic heterocycles. The third kappa shape index (κ3) is 5.96. The molecule has 3 aromatic carbocycles. The molecule has 0 atom stereocenters. The number of rotatable bonds is 6. The summed E-state index contributed by atoms with van der Waals surface area (Å²) in [5, 5.41) is 2.12. The number of nitrogens with zero attached hydrogens (tertiary/aromatic N) is 1. The molecule has 3 rings (SSSR count). The van der Waals surface area contributed by atoms with Crippen LogP contribution in [0.5, 0.6) is 0 Å². The van der Waals surface area contributed by atoms with Gasteiger partial charge in [-0.15, -0.1) is 0 Å². The first-order valence-corrected chi connectivity index (χ1v) is 12.1. The lowest BCUT2D eigenvalue weighted by atomic mass is 10.1. The Hall–Kier alpha value is -2.46. The van der Waals surface area contributed by atoms with E-state index in [-0.39, 0.29) is 25.7 Å². The summed E-state index contributed by atoms with van der Waals surface area (Å²) in [5.74, 6) is -1.02. The molecule has 0 fully saturated rings. The number of carbonyl (C=O) groups excluding carboxylic acids is 1. The molecule has 34 heavy (non-hydrogen) atoms. The highest BCUT2D eigenvalue weighted by molar-refractivity contribution is 7.92. The molecule has 12 heteroatoms. The standard InChI is InChI=1S/C22H16Cl3F3N2O3S/c1-13-2-6-16(7-3-13)34(32,33)30(15-5-8-18(24)19(25)11-15)12-21(31)29-20-9-4-14(23)10-17(20)22(26,27)28/h2-11H,12H2,1H3,(H,29,31). The molecule has 0 bridgehead atoms. The minimum atomic E-state index is -4.80. The lowest BCUT2D eigenvalue weighted by Gasteiger charge is -2.25. The van der Waals surface area contributed by atoms with Crippen LogP contribution >= 0.6 is 34.8 Å². The van der Waals surface area contributed by atoms with Gasteiger partial charge in [-0.3, -0.25) is 9.10 Å². The summed E-state index contributed by atoms with van der Waals surface area (Å²) in [4.78, 5) is 12.6. The number of hydrogen-bond acceptors (Lipinski definition) is 3. The molecule has 0 unspecified atom stereocenters. The summed E-state index contributed by atoms with van der Waals surface area (Å²) in [6.07, 6.45) is -4.80. The van der Waals surface area contributed by atoms with Crippen LogP contribution in [0.2, 0.25) is 15.1 Å². The first-order chi connectivity index (χ1) is 15.8. The molecule has 0 aliphatic rings. The Labute approximate surface area is 209 Å². The number of hydrogen-bond donors (Lipinski definition) is 1. The largest absolute Gasteiger partial charge is 0.418 e. The quantitative estimate of drug-likeness (QED) is 0.366. The minimum absolute atomic E-state index is 0.00252. The number of carbonyl (C=O) groups is 1. The number of benzene rings is 3. The fraction of sp³-hybridized carbons (Fsp3) is 0.136. The SMILES string of the molecule is Cc1ccc(S(=O)(=O)N(CC(=O)Nc2ccc(Cl)cc2C(F)(F)F)c2ccc(Cl)c(Cl)c2)cc1. The fourth-order valence-corrected chi connectivity index (χ4v) is 4.85. The molecule has 0 saturated carbocycles. The van der Waals surface area contributed by atoms with Gasteiger partial charge in [-0.05, 0) is 55.5 Å². The van der Waals surface area contributed by atoms with E-state index in [2.05, 4.69) is 5.32 Å². The van der Waals surface area contributed by atoms with Crippen LogP contribution in [-0.4, -0.2) is 20.9 Å². The van der Waals surface area contributed by atoms with Gasteiger partial charge in [0.05, 0.1) is 31.9 Å². The van der Waals surface area contributed by atoms with Crippen molar-refractivity contribution in [1.29, 1.82) is 0 Å². The summed E-state index contributed by atoms with van der Waals surface area (Å²) < 4.78 is 67.6. The van der Waals surface area contributed by atoms with E-state index in [9.17, 15) is 26.4 Å². The van der Waals surface area contributed by atoms with E-state index in [4.69, 9.17) is 34.8 Å². The van der Waals surface area contributed by atoms with Crippen LogP contribution < -0.4 is 9.62 Å². The minimum Gasteiger partial charge on any atom is -0.324 e. The van der Waals surface area contributed by atoms with Gasteiger partial charge < -0.3 is 5.32 Å². The van der Waals surface area contributed by atoms with Crippen LogP contribution in [0, 0.1) is 6.92 Å². The molecule has 0 aliphatic heterocycles. The number of halogens is 6. The molecule has 0 radical (unpaired) electrons. The Bertz CT molecular complexity index is 1330. The van der Waals surface area contributed by atoms with Crippen molar-refractivity contribution in [1.82, 2.24) is 0 Å². The van der Waals surface area contributed by atoms with Crippen molar-refractivity contribution in [2.45, 2.75) is 18.0 Å². The Morgan fingerprint density at radius 2 is 1.59 bits per heavy atom. The first-order valence-electron chi connectivity index (χ1n) is 9.50. The van der Waals surface area contributed by atoms with Gasteiger partial charge in [-0.1, -0.05) is 52.5 Å². The molecule has 180 valence electrons. The highest BCUT2D eigenvalue weighted by Gasteiger charge is 2.35. The second kappa shape index (κ2) is 10.0. The maximum Gasteiger partial charge on any atom is 0.418 e. The zero-order chi connectivity index (χ0) is 25.3. The van der Waals surface area contributed by atoms with E-state index < -0.39 is 39.9 Å². The summed E-state index contributed by atoms with van der Waals surface area (Å²) in [6.45, 7) is 0.930. The van der Waals surface area contributed by atoms with Crippen molar-refractivity contribution in [2.24, 2.45) is 0 Å². The maximum atomic E-state index is 13.4. The first kappa shape index (κ1) is 26.2. The van der Waals surface area contributed by atoms with E-state index >= 15 is 0 Å². The van der Waals surface area contributed by atoms with Crippen molar-refractivity contribution in [3.63, 3.8) is 0 Å². The highest BCUT2D eigenvalue weighted by atomic mass is 35.5. The van der Waals surface area contributed by atoms with Crippen molar-refractivity contribution < 1.29 is 26.4 Å². The smallest absolute Gasteiger partial charge is 0.324 e. The Morgan fingerprint density at radius 3 is 2.18 bits per heavy atom. The average Bonchev–Trinajstić information content (AvgIpc) is 2.75. The third-order valence-corrected chi connectivity index (χ3v) is 7.41. The van der Waals surface area contributed by atoms with Crippen LogP contribution in [0.15, 0.2) is 65.6 Å². The zero-order valence-electron chi connectivity index (χ0n) is 17.3. The van der Waals surface area contributed by atoms with Crippen molar-refractivity contribution in [3.8, 4) is 0 Å². The van der Waals surface area contributed by atoms with Crippen LogP contribution in [0.3, 0.4) is 0 Å². The van der Waals surface area contributed by atoms with Crippen molar-refractivity contribution >= 4 is 62.1 Å². The van der Waals surface area contributed by atoms with Gasteiger partial charge in [0.2, 0.25) is 5.91 Å². The van der Waals surface area contributed by atoms with Gasteiger partial charge in [0.25, 0.3) is 10.0 Å². The van der Waals surface area contributed by atoms with E-state index in [1.165, 1.54) is 36.4 Å². The molecule has 1 N–H and O–H groups in total. The Kier molecular flexibility index (Phi) is 7.72. The van der Waals surface area contributed by atoms with Crippen LogP contribution in [-0.2, 0) is 21.0 Å². The lowest BCUT2D eigenvalue weighted by Crippen LogP contribution is -2.38. The molecule has 0 spiro atoms. The zero-order valence-corrected chi connectivity index (χ0v) is 20.4.